The van der Waals surface area contributed by atoms with Crippen molar-refractivity contribution in [2.45, 2.75) is 23.4 Å². The maximum absolute atomic E-state index is 13.1. The van der Waals surface area contributed by atoms with Gasteiger partial charge in [-0.25, -0.2) is 4.98 Å². The first-order chi connectivity index (χ1) is 14.4. The van der Waals surface area contributed by atoms with Gasteiger partial charge in [0.15, 0.2) is 11.0 Å². The van der Waals surface area contributed by atoms with Crippen LogP contribution in [0.3, 0.4) is 0 Å². The Balaban J connectivity index is 1.63. The zero-order chi connectivity index (χ0) is 21.3. The topological polar surface area (TPSA) is 133 Å². The van der Waals surface area contributed by atoms with Crippen LogP contribution in [0.2, 0.25) is 0 Å². The third kappa shape index (κ3) is 4.09. The molecule has 0 unspecified atom stereocenters. The van der Waals surface area contributed by atoms with Gasteiger partial charge >= 0.3 is 0 Å². The quantitative estimate of drug-likeness (QED) is 0.263. The number of fused-ring (bicyclic) bond motifs is 1. The predicted molar refractivity (Wildman–Crippen MR) is 112 cm³/mol. The summed E-state index contributed by atoms with van der Waals surface area (Å²) in [6, 6.07) is 7.25. The molecular formula is C18H15N5O5S2. The second-order valence-electron chi connectivity index (χ2n) is 6.34. The number of rotatable bonds is 6. The van der Waals surface area contributed by atoms with E-state index < -0.39 is 4.92 Å². The lowest BCUT2D eigenvalue weighted by Gasteiger charge is -2.13. The Kier molecular flexibility index (Phi) is 5.59. The number of nitrogens with zero attached hydrogens (tertiary/aromatic N) is 4. The lowest BCUT2D eigenvalue weighted by molar-refractivity contribution is -0.384. The summed E-state index contributed by atoms with van der Waals surface area (Å²) in [6.07, 6.45) is 0.675. The summed E-state index contributed by atoms with van der Waals surface area (Å²) in [5.74, 6) is 1.31. The van der Waals surface area contributed by atoms with E-state index in [0.29, 0.717) is 39.4 Å². The van der Waals surface area contributed by atoms with Crippen molar-refractivity contribution in [2.24, 2.45) is 0 Å². The summed E-state index contributed by atoms with van der Waals surface area (Å²) in [6.45, 7) is 1.72. The van der Waals surface area contributed by atoms with E-state index in [1.54, 1.807) is 13.0 Å². The van der Waals surface area contributed by atoms with E-state index in [0.717, 1.165) is 17.5 Å². The number of non-ortho nitro benzene ring substituents is 1. The minimum absolute atomic E-state index is 0.00272. The molecule has 0 spiro atoms. The molecule has 30 heavy (non-hydrogen) atoms. The molecule has 0 aliphatic carbocycles. The van der Waals surface area contributed by atoms with Gasteiger partial charge in [0.1, 0.15) is 5.76 Å². The first-order valence-electron chi connectivity index (χ1n) is 8.82. The van der Waals surface area contributed by atoms with Crippen LogP contribution in [0.1, 0.15) is 11.5 Å². The van der Waals surface area contributed by atoms with Crippen molar-refractivity contribution in [3.8, 4) is 5.69 Å². The first kappa shape index (κ1) is 20.2. The van der Waals surface area contributed by atoms with Crippen LogP contribution in [0.4, 0.5) is 11.5 Å². The molecule has 0 fully saturated rings. The standard InChI is InChI=1S/C18H15N5O5S2/c1-10-8-14(21-28-10)20-15(24)9-30-18-19-13-6-7-29-16(13)17(25)22(18)11-2-4-12(5-3-11)23(26)27/h2-5,8H,6-7,9H2,1H3,(H,20,21,24). The number of aryl methyl sites for hydroxylation is 2. The number of benzene rings is 1. The van der Waals surface area contributed by atoms with Crippen LogP contribution in [0.5, 0.6) is 0 Å². The van der Waals surface area contributed by atoms with E-state index >= 15 is 0 Å². The highest BCUT2D eigenvalue weighted by atomic mass is 32.2. The number of carbonyl (C=O) groups excluding carboxylic acids is 1. The van der Waals surface area contributed by atoms with Crippen molar-refractivity contribution in [1.29, 1.82) is 0 Å². The molecule has 4 rings (SSSR count). The van der Waals surface area contributed by atoms with Crippen molar-refractivity contribution in [3.05, 3.63) is 62.3 Å². The van der Waals surface area contributed by atoms with Crippen molar-refractivity contribution < 1.29 is 14.2 Å². The van der Waals surface area contributed by atoms with Gasteiger partial charge in [0.2, 0.25) is 5.91 Å². The number of amides is 1. The Morgan fingerprint density at radius 2 is 2.17 bits per heavy atom. The molecule has 10 nitrogen and oxygen atoms in total. The van der Waals surface area contributed by atoms with E-state index in [1.807, 2.05) is 0 Å². The summed E-state index contributed by atoms with van der Waals surface area (Å²) >= 11 is 2.54. The molecule has 1 aliphatic rings. The van der Waals surface area contributed by atoms with E-state index in [-0.39, 0.29) is 22.9 Å². The summed E-state index contributed by atoms with van der Waals surface area (Å²) in [5.41, 5.74) is 0.833. The molecule has 0 saturated heterocycles. The molecular weight excluding hydrogens is 430 g/mol. The van der Waals surface area contributed by atoms with Gasteiger partial charge in [0.25, 0.3) is 11.2 Å². The number of aromatic nitrogens is 3. The van der Waals surface area contributed by atoms with Crippen LogP contribution in [0, 0.1) is 17.0 Å². The predicted octanol–water partition coefficient (Wildman–Crippen LogP) is 2.82. The largest absolute Gasteiger partial charge is 0.360 e. The fraction of sp³-hybridized carbons (Fsp3) is 0.222. The van der Waals surface area contributed by atoms with Gasteiger partial charge < -0.3 is 9.84 Å². The molecule has 1 aromatic carbocycles. The number of hydrogen-bond donors (Lipinski definition) is 1. The van der Waals surface area contributed by atoms with Crippen LogP contribution < -0.4 is 10.9 Å². The smallest absolute Gasteiger partial charge is 0.272 e. The van der Waals surface area contributed by atoms with Crippen molar-refractivity contribution in [3.63, 3.8) is 0 Å². The number of carbonyl (C=O) groups is 1. The normalized spacial score (nSPS) is 12.6. The molecule has 0 saturated carbocycles. The SMILES string of the molecule is Cc1cc(NC(=O)CSc2nc3c(c(=O)n2-c2ccc([N+](=O)[O-])cc2)SCC3)no1. The Morgan fingerprint density at radius 1 is 1.40 bits per heavy atom. The molecule has 0 bridgehead atoms. The van der Waals surface area contributed by atoms with Crippen LogP contribution in [-0.4, -0.2) is 37.0 Å². The van der Waals surface area contributed by atoms with Crippen LogP contribution in [0.15, 0.2) is 49.7 Å². The van der Waals surface area contributed by atoms with Gasteiger partial charge in [0.05, 0.1) is 27.0 Å². The number of nitro benzene ring substituents is 1. The summed E-state index contributed by atoms with van der Waals surface area (Å²) in [4.78, 5) is 40.9. The third-order valence-corrected chi connectivity index (χ3v) is 6.26. The molecule has 3 aromatic rings. The lowest BCUT2D eigenvalue weighted by Crippen LogP contribution is -2.24. The van der Waals surface area contributed by atoms with E-state index in [2.05, 4.69) is 15.5 Å². The highest BCUT2D eigenvalue weighted by Crippen LogP contribution is 2.30. The fourth-order valence-corrected chi connectivity index (χ4v) is 4.73. The average Bonchev–Trinajstić information content (AvgIpc) is 3.35. The maximum atomic E-state index is 13.1. The van der Waals surface area contributed by atoms with Gasteiger partial charge in [-0.05, 0) is 19.1 Å². The van der Waals surface area contributed by atoms with E-state index in [4.69, 9.17) is 4.52 Å². The van der Waals surface area contributed by atoms with Crippen LogP contribution in [-0.2, 0) is 11.2 Å². The van der Waals surface area contributed by atoms with Gasteiger partial charge in [-0.15, -0.1) is 11.8 Å². The van der Waals surface area contributed by atoms with Gasteiger partial charge in [-0.3, -0.25) is 24.3 Å². The molecule has 1 aliphatic heterocycles. The zero-order valence-electron chi connectivity index (χ0n) is 15.7. The number of hydrogen-bond acceptors (Lipinski definition) is 9. The lowest BCUT2D eigenvalue weighted by atomic mass is 10.2. The van der Waals surface area contributed by atoms with Gasteiger partial charge in [-0.2, -0.15) is 0 Å². The van der Waals surface area contributed by atoms with Gasteiger partial charge in [-0.1, -0.05) is 16.9 Å². The minimum atomic E-state index is -0.505. The Morgan fingerprint density at radius 3 is 2.83 bits per heavy atom. The molecule has 0 atom stereocenters. The average molecular weight is 445 g/mol. The highest BCUT2D eigenvalue weighted by Gasteiger charge is 2.23. The minimum Gasteiger partial charge on any atom is -0.360 e. The Hall–Kier alpha value is -3.12. The molecule has 154 valence electrons. The highest BCUT2D eigenvalue weighted by molar-refractivity contribution is 8.00. The van der Waals surface area contributed by atoms with Gasteiger partial charge in [0, 0.05) is 30.4 Å². The fourth-order valence-electron chi connectivity index (χ4n) is 2.87. The number of anilines is 1. The van der Waals surface area contributed by atoms with Crippen molar-refractivity contribution in [1.82, 2.24) is 14.7 Å². The monoisotopic (exact) mass is 445 g/mol. The number of nitro groups is 1. The second kappa shape index (κ2) is 8.32. The Bertz CT molecular complexity index is 1190. The summed E-state index contributed by atoms with van der Waals surface area (Å²) in [7, 11) is 0. The van der Waals surface area contributed by atoms with Crippen molar-refractivity contribution >= 4 is 40.9 Å². The first-order valence-corrected chi connectivity index (χ1v) is 10.8. The second-order valence-corrected chi connectivity index (χ2v) is 8.39. The summed E-state index contributed by atoms with van der Waals surface area (Å²) in [5, 5.41) is 17.6. The number of nitrogens with one attached hydrogen (secondary N) is 1. The van der Waals surface area contributed by atoms with Crippen molar-refractivity contribution in [2.75, 3.05) is 16.8 Å². The van der Waals surface area contributed by atoms with E-state index in [9.17, 15) is 19.7 Å². The molecule has 2 aromatic heterocycles. The van der Waals surface area contributed by atoms with E-state index in [1.165, 1.54) is 40.6 Å². The molecule has 1 N–H and O–H groups in total. The molecule has 3 heterocycles. The van der Waals surface area contributed by atoms with Crippen LogP contribution in [0.25, 0.3) is 5.69 Å². The maximum Gasteiger partial charge on any atom is 0.272 e. The molecule has 0 radical (unpaired) electrons. The van der Waals surface area contributed by atoms with Crippen LogP contribution >= 0.6 is 23.5 Å². The molecule has 12 heteroatoms. The third-order valence-electron chi connectivity index (χ3n) is 4.21. The summed E-state index contributed by atoms with van der Waals surface area (Å²) < 4.78 is 6.31. The Labute approximate surface area is 178 Å². The number of thioether (sulfide) groups is 2. The zero-order valence-corrected chi connectivity index (χ0v) is 17.3. The molecule has 1 amide bonds.